The first-order chi connectivity index (χ1) is 14.5. The van der Waals surface area contributed by atoms with Gasteiger partial charge in [0.15, 0.2) is 0 Å². The van der Waals surface area contributed by atoms with Crippen molar-refractivity contribution in [3.8, 4) is 0 Å². The number of hydrogen-bond donors (Lipinski definition) is 4. The van der Waals surface area contributed by atoms with E-state index < -0.39 is 0 Å². The maximum atomic E-state index is 8.80. The highest BCUT2D eigenvalue weighted by Crippen LogP contribution is 2.22. The fourth-order valence-electron chi connectivity index (χ4n) is 3.46. The van der Waals surface area contributed by atoms with Crippen molar-refractivity contribution in [1.29, 1.82) is 10.8 Å². The number of anilines is 2. The minimum Gasteiger partial charge on any atom is -0.397 e. The van der Waals surface area contributed by atoms with Gasteiger partial charge in [-0.05, 0) is 50.6 Å². The molecule has 0 radical (unpaired) electrons. The van der Waals surface area contributed by atoms with Gasteiger partial charge in [-0.1, -0.05) is 0 Å². The first-order valence-corrected chi connectivity index (χ1v) is 10.3. The number of nitrogens with one attached hydrogen (secondary N) is 3. The summed E-state index contributed by atoms with van der Waals surface area (Å²) >= 11 is 0. The van der Waals surface area contributed by atoms with Gasteiger partial charge in [0.25, 0.3) is 0 Å². The van der Waals surface area contributed by atoms with Gasteiger partial charge in [-0.25, -0.2) is 4.98 Å². The Morgan fingerprint density at radius 3 is 2.93 bits per heavy atom. The van der Waals surface area contributed by atoms with Gasteiger partial charge in [0.2, 0.25) is 0 Å². The summed E-state index contributed by atoms with van der Waals surface area (Å²) in [5.74, 6) is 0.543. The van der Waals surface area contributed by atoms with E-state index in [1.54, 1.807) is 18.5 Å². The van der Waals surface area contributed by atoms with Gasteiger partial charge in [0.05, 0.1) is 34.9 Å². The predicted molar refractivity (Wildman–Crippen MR) is 124 cm³/mol. The summed E-state index contributed by atoms with van der Waals surface area (Å²) in [6.45, 7) is 8.37. The molecule has 3 rings (SSSR count). The van der Waals surface area contributed by atoms with Crippen molar-refractivity contribution in [2.24, 2.45) is 4.99 Å². The van der Waals surface area contributed by atoms with Crippen LogP contribution in [-0.4, -0.2) is 60.8 Å². The maximum Gasteiger partial charge on any atom is 0.129 e. The summed E-state index contributed by atoms with van der Waals surface area (Å²) in [5.41, 5.74) is 9.69. The van der Waals surface area contributed by atoms with E-state index in [0.717, 1.165) is 44.0 Å². The van der Waals surface area contributed by atoms with Crippen LogP contribution in [0, 0.1) is 17.7 Å². The number of aryl methyl sites for hydroxylation is 1. The van der Waals surface area contributed by atoms with Crippen molar-refractivity contribution in [3.63, 3.8) is 0 Å². The lowest BCUT2D eigenvalue weighted by atomic mass is 10.00. The van der Waals surface area contributed by atoms with Crippen LogP contribution in [0.1, 0.15) is 41.8 Å². The Bertz CT molecular complexity index is 929. The highest BCUT2D eigenvalue weighted by Gasteiger charge is 2.18. The van der Waals surface area contributed by atoms with E-state index in [0.29, 0.717) is 29.2 Å². The zero-order valence-electron chi connectivity index (χ0n) is 17.7. The third kappa shape index (κ3) is 5.07. The summed E-state index contributed by atoms with van der Waals surface area (Å²) < 4.78 is 0. The number of nitrogens with two attached hydrogens (primary N) is 1. The predicted octanol–water partition coefficient (Wildman–Crippen LogP) is 2.41. The van der Waals surface area contributed by atoms with Crippen LogP contribution < -0.4 is 16.0 Å². The Balaban J connectivity index is 1.95. The summed E-state index contributed by atoms with van der Waals surface area (Å²) in [4.78, 5) is 15.6. The molecule has 1 aliphatic heterocycles. The largest absolute Gasteiger partial charge is 0.397 e. The van der Waals surface area contributed by atoms with E-state index in [1.807, 2.05) is 19.9 Å². The third-order valence-corrected chi connectivity index (χ3v) is 5.07. The molecule has 1 unspecified atom stereocenters. The summed E-state index contributed by atoms with van der Waals surface area (Å²) in [7, 11) is 0. The molecule has 0 bridgehead atoms. The molecule has 1 aliphatic rings. The van der Waals surface area contributed by atoms with Crippen LogP contribution in [0.4, 0.5) is 11.5 Å². The minimum absolute atomic E-state index is 0.255. The molecule has 1 fully saturated rings. The van der Waals surface area contributed by atoms with E-state index in [4.69, 9.17) is 21.5 Å². The topological polar surface area (TPSA) is 127 Å². The number of aromatic nitrogens is 2. The van der Waals surface area contributed by atoms with Crippen LogP contribution in [0.2, 0.25) is 0 Å². The smallest absolute Gasteiger partial charge is 0.129 e. The second kappa shape index (κ2) is 10.1. The molecule has 8 heteroatoms. The van der Waals surface area contributed by atoms with Gasteiger partial charge in [0.1, 0.15) is 5.82 Å². The monoisotopic (exact) mass is 406 g/mol. The average Bonchev–Trinajstić information content (AvgIpc) is 3.04. The number of aliphatic imine (C=N–C) groups is 1. The Labute approximate surface area is 177 Å². The molecule has 0 saturated carbocycles. The van der Waals surface area contributed by atoms with Crippen LogP contribution in [-0.2, 0) is 0 Å². The summed E-state index contributed by atoms with van der Waals surface area (Å²) in [5, 5.41) is 19.9. The van der Waals surface area contributed by atoms with Crippen LogP contribution in [0.15, 0.2) is 29.4 Å². The van der Waals surface area contributed by atoms with E-state index >= 15 is 0 Å². The summed E-state index contributed by atoms with van der Waals surface area (Å²) in [6, 6.07) is 5.75. The number of rotatable bonds is 7. The van der Waals surface area contributed by atoms with E-state index in [2.05, 4.69) is 26.3 Å². The lowest BCUT2D eigenvalue weighted by Gasteiger charge is -2.22. The molecular weight excluding hydrogens is 376 g/mol. The van der Waals surface area contributed by atoms with E-state index in [1.165, 1.54) is 6.21 Å². The van der Waals surface area contributed by atoms with E-state index in [-0.39, 0.29) is 11.6 Å². The Hall–Kier alpha value is -3.13. The Morgan fingerprint density at radius 1 is 1.33 bits per heavy atom. The molecule has 0 amide bonds. The van der Waals surface area contributed by atoms with Gasteiger partial charge >= 0.3 is 0 Å². The van der Waals surface area contributed by atoms with Gasteiger partial charge in [-0.3, -0.25) is 15.4 Å². The number of nitrogen functional groups attached to an aromatic ring is 1. The lowest BCUT2D eigenvalue weighted by molar-refractivity contribution is 0.724. The molecule has 2 aromatic heterocycles. The van der Waals surface area contributed by atoms with Crippen LogP contribution in [0.5, 0.6) is 0 Å². The molecule has 5 N–H and O–H groups in total. The molecular formula is C22H30N8. The molecule has 2 aromatic rings. The van der Waals surface area contributed by atoms with Gasteiger partial charge in [-0.2, -0.15) is 0 Å². The van der Waals surface area contributed by atoms with Crippen molar-refractivity contribution >= 4 is 29.6 Å². The molecule has 0 spiro atoms. The molecule has 8 nitrogen and oxygen atoms in total. The summed E-state index contributed by atoms with van der Waals surface area (Å²) in [6.07, 6.45) is 5.61. The standard InChI is InChI=1S/C22H30N8/c1-3-26-13-16(12-23)19-11-17(18(24)14-28-19)22(25)20-9-15(2)10-21(29-20)30-7-4-5-27-6-8-30/h9-14,16,23,25,27H,3-8,24H2,1-2H3. The van der Waals surface area contributed by atoms with Crippen molar-refractivity contribution in [2.75, 3.05) is 43.4 Å². The van der Waals surface area contributed by atoms with Crippen molar-refractivity contribution in [1.82, 2.24) is 15.3 Å². The highest BCUT2D eigenvalue weighted by atomic mass is 15.2. The van der Waals surface area contributed by atoms with Crippen molar-refractivity contribution in [2.45, 2.75) is 26.2 Å². The normalized spacial score (nSPS) is 15.7. The van der Waals surface area contributed by atoms with Crippen LogP contribution in [0.25, 0.3) is 0 Å². The second-order valence-corrected chi connectivity index (χ2v) is 7.39. The average molecular weight is 407 g/mol. The fraction of sp³-hybridized carbons (Fsp3) is 0.409. The zero-order valence-corrected chi connectivity index (χ0v) is 17.7. The number of pyridine rings is 2. The molecule has 158 valence electrons. The first kappa shape index (κ1) is 21.6. The quantitative estimate of drug-likeness (QED) is 0.525. The Kier molecular flexibility index (Phi) is 7.24. The van der Waals surface area contributed by atoms with Gasteiger partial charge < -0.3 is 21.4 Å². The zero-order chi connectivity index (χ0) is 21.5. The number of hydrogen-bond acceptors (Lipinski definition) is 8. The van der Waals surface area contributed by atoms with Crippen LogP contribution >= 0.6 is 0 Å². The molecule has 0 aliphatic carbocycles. The lowest BCUT2D eigenvalue weighted by Crippen LogP contribution is -2.29. The van der Waals surface area contributed by atoms with Gasteiger partial charge in [0, 0.05) is 44.2 Å². The Morgan fingerprint density at radius 2 is 2.17 bits per heavy atom. The molecule has 1 atom stereocenters. The molecule has 1 saturated heterocycles. The van der Waals surface area contributed by atoms with Crippen molar-refractivity contribution < 1.29 is 0 Å². The van der Waals surface area contributed by atoms with Crippen LogP contribution in [0.3, 0.4) is 0 Å². The fourth-order valence-corrected chi connectivity index (χ4v) is 3.46. The maximum absolute atomic E-state index is 8.80. The van der Waals surface area contributed by atoms with Gasteiger partial charge in [-0.15, -0.1) is 0 Å². The second-order valence-electron chi connectivity index (χ2n) is 7.39. The molecule has 30 heavy (non-hydrogen) atoms. The molecule has 0 aromatic carbocycles. The van der Waals surface area contributed by atoms with E-state index in [9.17, 15) is 0 Å². The SMILES string of the molecule is CCN=CC(C=N)c1cc(C(=N)c2cc(C)cc(N3CCCNCC3)n2)c(N)cn1. The number of nitrogens with zero attached hydrogens (tertiary/aromatic N) is 4. The minimum atomic E-state index is -0.345. The molecule has 3 heterocycles. The van der Waals surface area contributed by atoms with Crippen molar-refractivity contribution in [3.05, 3.63) is 46.9 Å². The third-order valence-electron chi connectivity index (χ3n) is 5.07. The highest BCUT2D eigenvalue weighted by molar-refractivity contribution is 6.13. The first-order valence-electron chi connectivity index (χ1n) is 10.3.